The Morgan fingerprint density at radius 1 is 0.969 bits per heavy atom. The van der Waals surface area contributed by atoms with Crippen molar-refractivity contribution in [3.63, 3.8) is 0 Å². The molecule has 0 saturated heterocycles. The summed E-state index contributed by atoms with van der Waals surface area (Å²) >= 11 is 0. The largest absolute Gasteiger partial charge is 0.486 e. The van der Waals surface area contributed by atoms with Gasteiger partial charge in [-0.25, -0.2) is 8.78 Å². The van der Waals surface area contributed by atoms with Crippen molar-refractivity contribution in [2.75, 3.05) is 20.1 Å². The van der Waals surface area contributed by atoms with Gasteiger partial charge in [-0.15, -0.1) is 0 Å². The minimum absolute atomic E-state index is 0.00757. The predicted octanol–water partition coefficient (Wildman–Crippen LogP) is 4.72. The number of hydrogen-bond donors (Lipinski definition) is 1. The van der Waals surface area contributed by atoms with Gasteiger partial charge in [0.05, 0.1) is 12.1 Å². The Hall–Kier alpha value is -3.58. The lowest BCUT2D eigenvalue weighted by Gasteiger charge is -2.22. The van der Waals surface area contributed by atoms with E-state index in [0.29, 0.717) is 24.3 Å². The molecule has 0 fully saturated rings. The van der Waals surface area contributed by atoms with Gasteiger partial charge in [-0.3, -0.25) is 14.5 Å². The van der Waals surface area contributed by atoms with E-state index in [0.717, 1.165) is 5.56 Å². The van der Waals surface area contributed by atoms with Crippen molar-refractivity contribution < 1.29 is 28.2 Å². The van der Waals surface area contributed by atoms with Crippen molar-refractivity contribution in [3.8, 4) is 5.75 Å². The summed E-state index contributed by atoms with van der Waals surface area (Å²) in [5.74, 6) is -1.83. The van der Waals surface area contributed by atoms with Gasteiger partial charge >= 0.3 is 5.97 Å². The maximum atomic E-state index is 13.9. The van der Waals surface area contributed by atoms with E-state index in [1.54, 1.807) is 54.4 Å². The first kappa shape index (κ1) is 23.1. The van der Waals surface area contributed by atoms with Crippen molar-refractivity contribution in [2.24, 2.45) is 0 Å². The maximum absolute atomic E-state index is 13.9. The second-order valence-electron chi connectivity index (χ2n) is 7.41. The van der Waals surface area contributed by atoms with Crippen LogP contribution in [0.5, 0.6) is 5.75 Å². The second kappa shape index (κ2) is 10.6. The molecule has 0 spiro atoms. The van der Waals surface area contributed by atoms with Crippen LogP contribution in [0.2, 0.25) is 0 Å². The summed E-state index contributed by atoms with van der Waals surface area (Å²) < 4.78 is 33.3. The number of carboxylic acid groups (broad SMARTS) is 1. The van der Waals surface area contributed by atoms with E-state index in [4.69, 9.17) is 9.84 Å². The van der Waals surface area contributed by atoms with Crippen LogP contribution >= 0.6 is 0 Å². The first-order valence-electron chi connectivity index (χ1n) is 10.0. The fraction of sp³-hybridized carbons (Fsp3) is 0.200. The van der Waals surface area contributed by atoms with Crippen molar-refractivity contribution >= 4 is 11.8 Å². The summed E-state index contributed by atoms with van der Waals surface area (Å²) in [6, 6.07) is 18.0. The van der Waals surface area contributed by atoms with Crippen LogP contribution in [0.25, 0.3) is 0 Å². The summed E-state index contributed by atoms with van der Waals surface area (Å²) in [4.78, 5) is 25.1. The lowest BCUT2D eigenvalue weighted by Crippen LogP contribution is -2.28. The molecule has 0 aliphatic heterocycles. The number of halogens is 2. The highest BCUT2D eigenvalue weighted by Gasteiger charge is 2.17. The number of aliphatic carboxylic acids is 1. The van der Waals surface area contributed by atoms with Gasteiger partial charge in [-0.05, 0) is 61.1 Å². The van der Waals surface area contributed by atoms with Gasteiger partial charge < -0.3 is 9.84 Å². The number of benzene rings is 3. The van der Waals surface area contributed by atoms with E-state index < -0.39 is 23.7 Å². The van der Waals surface area contributed by atoms with E-state index in [1.807, 2.05) is 0 Å². The first-order chi connectivity index (χ1) is 15.3. The summed E-state index contributed by atoms with van der Waals surface area (Å²) in [6.45, 7) is 0.335. The van der Waals surface area contributed by atoms with E-state index in [1.165, 1.54) is 30.3 Å². The van der Waals surface area contributed by atoms with Crippen LogP contribution in [0.4, 0.5) is 8.78 Å². The van der Waals surface area contributed by atoms with Crippen LogP contribution in [0, 0.1) is 11.6 Å². The van der Waals surface area contributed by atoms with Crippen LogP contribution < -0.4 is 4.74 Å². The van der Waals surface area contributed by atoms with Gasteiger partial charge in [0.15, 0.2) is 5.78 Å². The Morgan fingerprint density at radius 2 is 1.62 bits per heavy atom. The molecular weight excluding hydrogens is 416 g/mol. The summed E-state index contributed by atoms with van der Waals surface area (Å²) in [5.41, 5.74) is 1.05. The number of carbonyl (C=O) groups excluding carboxylic acids is 1. The smallest absolute Gasteiger partial charge is 0.317 e. The molecule has 1 unspecified atom stereocenters. The number of ketones is 1. The molecule has 0 aliphatic carbocycles. The molecule has 0 amide bonds. The number of carboxylic acids is 1. The fourth-order valence-electron chi connectivity index (χ4n) is 3.27. The third-order valence-corrected chi connectivity index (χ3v) is 4.93. The minimum atomic E-state index is -0.929. The first-order valence-corrected chi connectivity index (χ1v) is 10.0. The zero-order valence-corrected chi connectivity index (χ0v) is 17.5. The third kappa shape index (κ3) is 6.21. The molecule has 7 heteroatoms. The molecule has 3 aromatic carbocycles. The standard InChI is InChI=1S/C25H23F2NO4/c1-28(16-24(29)30)15-14-23(17-6-10-19(26)11-7-17)32-20-12-8-18(9-13-20)25(31)21-4-2-3-5-22(21)27/h2-13,23H,14-16H2,1H3,(H,29,30). The Bertz CT molecular complexity index is 1070. The number of likely N-dealkylation sites (N-methyl/N-ethyl adjacent to an activating group) is 1. The molecule has 0 radical (unpaired) electrons. The van der Waals surface area contributed by atoms with Crippen LogP contribution in [-0.2, 0) is 4.79 Å². The normalized spacial score (nSPS) is 11.9. The lowest BCUT2D eigenvalue weighted by atomic mass is 10.0. The average molecular weight is 439 g/mol. The Balaban J connectivity index is 1.75. The van der Waals surface area contributed by atoms with Gasteiger partial charge in [0.25, 0.3) is 0 Å². The maximum Gasteiger partial charge on any atom is 0.317 e. The van der Waals surface area contributed by atoms with Crippen molar-refractivity contribution in [1.29, 1.82) is 0 Å². The molecule has 166 valence electrons. The Labute approximate surface area is 184 Å². The van der Waals surface area contributed by atoms with Crippen molar-refractivity contribution in [1.82, 2.24) is 4.90 Å². The van der Waals surface area contributed by atoms with E-state index in [2.05, 4.69) is 0 Å². The number of carbonyl (C=O) groups is 2. The molecule has 5 nitrogen and oxygen atoms in total. The average Bonchev–Trinajstić information content (AvgIpc) is 2.77. The summed E-state index contributed by atoms with van der Waals surface area (Å²) in [7, 11) is 1.69. The van der Waals surface area contributed by atoms with Crippen LogP contribution in [0.15, 0.2) is 72.8 Å². The highest BCUT2D eigenvalue weighted by molar-refractivity contribution is 6.09. The molecule has 1 N–H and O–H groups in total. The minimum Gasteiger partial charge on any atom is -0.486 e. The topological polar surface area (TPSA) is 66.8 Å². The van der Waals surface area contributed by atoms with Gasteiger partial charge in [-0.1, -0.05) is 24.3 Å². The molecule has 0 aliphatic rings. The second-order valence-corrected chi connectivity index (χ2v) is 7.41. The van der Waals surface area contributed by atoms with Gasteiger partial charge in [-0.2, -0.15) is 0 Å². The predicted molar refractivity (Wildman–Crippen MR) is 116 cm³/mol. The molecule has 3 aromatic rings. The van der Waals surface area contributed by atoms with Gasteiger partial charge in [0, 0.05) is 18.5 Å². The number of hydrogen-bond acceptors (Lipinski definition) is 4. The van der Waals surface area contributed by atoms with E-state index in [-0.39, 0.29) is 17.9 Å². The third-order valence-electron chi connectivity index (χ3n) is 4.93. The molecule has 0 bridgehead atoms. The Kier molecular flexibility index (Phi) is 7.68. The molecule has 3 rings (SSSR count). The number of nitrogens with zero attached hydrogens (tertiary/aromatic N) is 1. The molecule has 0 saturated carbocycles. The quantitative estimate of drug-likeness (QED) is 0.463. The number of rotatable bonds is 10. The van der Waals surface area contributed by atoms with Crippen molar-refractivity contribution in [2.45, 2.75) is 12.5 Å². The zero-order chi connectivity index (χ0) is 23.1. The summed E-state index contributed by atoms with van der Waals surface area (Å²) in [6.07, 6.45) is 0.00525. The molecule has 1 atom stereocenters. The summed E-state index contributed by atoms with van der Waals surface area (Å²) in [5, 5.41) is 8.94. The lowest BCUT2D eigenvalue weighted by molar-refractivity contribution is -0.138. The van der Waals surface area contributed by atoms with Crippen LogP contribution in [0.3, 0.4) is 0 Å². The fourth-order valence-corrected chi connectivity index (χ4v) is 3.27. The highest BCUT2D eigenvalue weighted by atomic mass is 19.1. The van der Waals surface area contributed by atoms with Gasteiger partial charge in [0.2, 0.25) is 0 Å². The molecule has 32 heavy (non-hydrogen) atoms. The van der Waals surface area contributed by atoms with Crippen LogP contribution in [-0.4, -0.2) is 41.9 Å². The highest BCUT2D eigenvalue weighted by Crippen LogP contribution is 2.26. The molecule has 0 heterocycles. The van der Waals surface area contributed by atoms with E-state index in [9.17, 15) is 18.4 Å². The molecule has 0 aromatic heterocycles. The van der Waals surface area contributed by atoms with Crippen molar-refractivity contribution in [3.05, 3.63) is 101 Å². The molecular formula is C25H23F2NO4. The van der Waals surface area contributed by atoms with E-state index >= 15 is 0 Å². The zero-order valence-electron chi connectivity index (χ0n) is 17.5. The SMILES string of the molecule is CN(CCC(Oc1ccc(C(=O)c2ccccc2F)cc1)c1ccc(F)cc1)CC(=O)O. The Morgan fingerprint density at radius 3 is 2.25 bits per heavy atom. The van der Waals surface area contributed by atoms with Crippen LogP contribution in [0.1, 0.15) is 34.0 Å². The number of ether oxygens (including phenoxy) is 1. The monoisotopic (exact) mass is 439 g/mol. The van der Waals surface area contributed by atoms with Gasteiger partial charge in [0.1, 0.15) is 23.5 Å².